The number of hydrogen-bond donors (Lipinski definition) is 11. The van der Waals surface area contributed by atoms with Gasteiger partial charge in [-0.25, -0.2) is 13.7 Å². The molecule has 239 valence electrons. The molecule has 1 fully saturated rings. The van der Waals surface area contributed by atoms with E-state index in [-0.39, 0.29) is 167 Å². The summed E-state index contributed by atoms with van der Waals surface area (Å²) in [7, 11) is -16.3. The fourth-order valence-electron chi connectivity index (χ4n) is 3.19. The molecule has 0 aliphatic heterocycles. The summed E-state index contributed by atoms with van der Waals surface area (Å²) in [6, 6.07) is 0. The van der Waals surface area contributed by atoms with Gasteiger partial charge in [0.25, 0.3) is 0 Å². The largest absolute Gasteiger partial charge is 0.470 e. The van der Waals surface area contributed by atoms with Crippen molar-refractivity contribution in [1.82, 2.24) is 0 Å². The number of carbonyl (C=O) groups excluding carboxylic acids is 1. The summed E-state index contributed by atoms with van der Waals surface area (Å²) in [5.41, 5.74) is 0. The van der Waals surface area contributed by atoms with Gasteiger partial charge < -0.3 is 59.6 Å². The van der Waals surface area contributed by atoms with Crippen LogP contribution in [-0.2, 0) is 36.8 Å². The molecule has 1 aliphatic rings. The van der Waals surface area contributed by atoms with Gasteiger partial charge in [0.2, 0.25) is 0 Å². The maximum atomic E-state index is 11.1. The van der Waals surface area contributed by atoms with Gasteiger partial charge in [0, 0.05) is 154 Å². The van der Waals surface area contributed by atoms with Crippen molar-refractivity contribution in [2.75, 3.05) is 13.2 Å². The molecule has 0 aromatic carbocycles. The van der Waals surface area contributed by atoms with Gasteiger partial charge in [0.1, 0.15) is 49.3 Å². The number of phosphoric ester groups is 3. The summed E-state index contributed by atoms with van der Waals surface area (Å²) in [6.07, 6.45) is -9.46. The molecular weight excluding hydrogens is 716 g/mol. The molecule has 3 unspecified atom stereocenters. The van der Waals surface area contributed by atoms with E-state index in [4.69, 9.17) is 44.3 Å². The number of carbonyl (C=O) groups is 1. The van der Waals surface area contributed by atoms with Gasteiger partial charge in [-0.05, 0) is 6.42 Å². The quantitative estimate of drug-likeness (QED) is 0.0327. The van der Waals surface area contributed by atoms with Crippen LogP contribution in [0.3, 0.4) is 0 Å². The summed E-state index contributed by atoms with van der Waals surface area (Å²) >= 11 is 0. The molecule has 0 heterocycles. The first-order valence-corrected chi connectivity index (χ1v) is 16.0. The Balaban J connectivity index is -0.000000160. The number of phosphoric acid groups is 3. The third kappa shape index (κ3) is 29.2. The van der Waals surface area contributed by atoms with Crippen LogP contribution in [0.5, 0.6) is 0 Å². The Bertz CT molecular complexity index is 839. The predicted molar refractivity (Wildman–Crippen MR) is 155 cm³/mol. The van der Waals surface area contributed by atoms with Crippen LogP contribution in [0.2, 0.25) is 0 Å². The standard InChI is InChI=1S/C11H22O4.C6H15O15P3.5Na/c1-2-3-4-5-6-7-11(14)15-9-10(13)8-12;7-1-2(8)4(19-22(10,11)12)6(21-24(16,17)18)5(3(1)9)20-23(13,14)15;;;;;/h10,12-13H,2-9H2,1H3;1-9H,(H2,10,11,12)(H2,13,14,15)(H2,16,17,18);;;;;/t;1?,2-,3+,4-,5-,6?;;;;;/m.1...../s1. The van der Waals surface area contributed by atoms with E-state index in [0.29, 0.717) is 6.42 Å². The molecule has 1 saturated carbocycles. The maximum Gasteiger partial charge on any atom is 0.470 e. The Kier molecular flexibility index (Phi) is 41.5. The van der Waals surface area contributed by atoms with Crippen LogP contribution in [0.1, 0.15) is 45.4 Å². The van der Waals surface area contributed by atoms with Gasteiger partial charge in [-0.3, -0.25) is 18.4 Å². The third-order valence-electron chi connectivity index (χ3n) is 4.93. The summed E-state index contributed by atoms with van der Waals surface area (Å²) in [5, 5.41) is 46.4. The summed E-state index contributed by atoms with van der Waals surface area (Å²) in [4.78, 5) is 63.7. The van der Waals surface area contributed by atoms with Crippen molar-refractivity contribution in [3.63, 3.8) is 0 Å². The topological polar surface area (TPSA) is 328 Å². The Labute approximate surface area is 365 Å². The zero-order chi connectivity index (χ0) is 30.6. The van der Waals surface area contributed by atoms with Crippen molar-refractivity contribution in [3.8, 4) is 0 Å². The molecule has 0 aromatic heterocycles. The van der Waals surface area contributed by atoms with E-state index >= 15 is 0 Å². The number of hydrogen-bond acceptors (Lipinski definition) is 13. The van der Waals surface area contributed by atoms with Crippen molar-refractivity contribution < 1.29 is 91.7 Å². The Morgan fingerprint density at radius 3 is 1.36 bits per heavy atom. The first-order valence-electron chi connectivity index (χ1n) is 11.4. The van der Waals surface area contributed by atoms with Gasteiger partial charge >= 0.3 is 29.4 Å². The van der Waals surface area contributed by atoms with Crippen molar-refractivity contribution in [3.05, 3.63) is 0 Å². The Morgan fingerprint density at radius 2 is 1.02 bits per heavy atom. The van der Waals surface area contributed by atoms with Gasteiger partial charge in [-0.1, -0.05) is 32.6 Å². The van der Waals surface area contributed by atoms with Crippen LogP contribution in [0.4, 0.5) is 0 Å². The molecule has 0 saturated heterocycles. The van der Waals surface area contributed by atoms with Crippen LogP contribution in [0.25, 0.3) is 0 Å². The maximum absolute atomic E-state index is 11.1. The molecule has 0 spiro atoms. The average Bonchev–Trinajstić information content (AvgIpc) is 2.79. The molecule has 5 radical (unpaired) electrons. The molecule has 0 aromatic rings. The minimum absolute atomic E-state index is 0. The van der Waals surface area contributed by atoms with E-state index in [1.165, 1.54) is 12.8 Å². The van der Waals surface area contributed by atoms with E-state index < -0.39 is 66.2 Å². The average molecular weight is 753 g/mol. The fourth-order valence-corrected chi connectivity index (χ4v) is 4.87. The first-order chi connectivity index (χ1) is 17.7. The van der Waals surface area contributed by atoms with Crippen LogP contribution < -0.4 is 0 Å². The van der Waals surface area contributed by atoms with Crippen LogP contribution in [-0.4, -0.2) is 265 Å². The van der Waals surface area contributed by atoms with Crippen LogP contribution in [0.15, 0.2) is 0 Å². The minimum Gasteiger partial charge on any atom is -0.463 e. The molecule has 27 heteroatoms. The van der Waals surface area contributed by atoms with Crippen molar-refractivity contribution in [2.24, 2.45) is 0 Å². The molecule has 1 rings (SSSR count). The van der Waals surface area contributed by atoms with Crippen molar-refractivity contribution in [1.29, 1.82) is 0 Å². The van der Waals surface area contributed by atoms with E-state index in [1.807, 2.05) is 0 Å². The number of rotatable bonds is 15. The van der Waals surface area contributed by atoms with Gasteiger partial charge in [-0.2, -0.15) is 0 Å². The summed E-state index contributed by atoms with van der Waals surface area (Å²) in [5.74, 6) is -0.293. The van der Waals surface area contributed by atoms with Crippen molar-refractivity contribution >= 4 is 177 Å². The molecule has 44 heavy (non-hydrogen) atoms. The predicted octanol–water partition coefficient (Wildman–Crippen LogP) is -4.14. The summed E-state index contributed by atoms with van der Waals surface area (Å²) < 4.78 is 49.7. The number of unbranched alkanes of at least 4 members (excludes halogenated alkanes) is 4. The zero-order valence-corrected chi connectivity index (χ0v) is 38.4. The molecule has 0 bridgehead atoms. The smallest absolute Gasteiger partial charge is 0.463 e. The molecule has 11 N–H and O–H groups in total. The first kappa shape index (κ1) is 60.7. The van der Waals surface area contributed by atoms with E-state index in [9.17, 15) is 33.8 Å². The van der Waals surface area contributed by atoms with E-state index in [1.54, 1.807) is 0 Å². The monoisotopic (exact) mass is 753 g/mol. The number of esters is 1. The molecule has 7 atom stereocenters. The van der Waals surface area contributed by atoms with Gasteiger partial charge in [0.05, 0.1) is 6.61 Å². The van der Waals surface area contributed by atoms with E-state index in [0.717, 1.165) is 19.3 Å². The number of aliphatic hydroxyl groups is 5. The zero-order valence-electron chi connectivity index (χ0n) is 25.7. The third-order valence-corrected chi connectivity index (χ3v) is 6.48. The molecule has 1 aliphatic carbocycles. The van der Waals surface area contributed by atoms with E-state index in [2.05, 4.69) is 20.5 Å². The SMILES string of the molecule is CCCCCCCC(=O)OCC(O)CO.O=P(O)(O)OC1[C@H](OP(=O)(O)O)[C@H](O)C(O)[C@H](O)[C@H]1OP(=O)(O)O.[Na].[Na].[Na].[Na].[Na]. The van der Waals surface area contributed by atoms with Gasteiger partial charge in [0.15, 0.2) is 0 Å². The Morgan fingerprint density at radius 1 is 0.659 bits per heavy atom. The number of ether oxygens (including phenoxy) is 1. The van der Waals surface area contributed by atoms with Crippen molar-refractivity contribution in [2.45, 2.75) is 88.2 Å². The number of aliphatic hydroxyl groups excluding tert-OH is 5. The minimum atomic E-state index is -5.48. The normalized spacial score (nSPS) is 23.8. The second-order valence-corrected chi connectivity index (χ2v) is 11.9. The summed E-state index contributed by atoms with van der Waals surface area (Å²) in [6.45, 7) is 1.67. The second-order valence-electron chi connectivity index (χ2n) is 8.34. The molecular formula is C17H37Na5O19P3. The second kappa shape index (κ2) is 30.1. The molecule has 19 nitrogen and oxygen atoms in total. The fraction of sp³-hybridized carbons (Fsp3) is 0.941. The van der Waals surface area contributed by atoms with Gasteiger partial charge in [-0.15, -0.1) is 0 Å². The van der Waals surface area contributed by atoms with Crippen LogP contribution in [0, 0.1) is 0 Å². The Hall–Kier alpha value is 4.60. The van der Waals surface area contributed by atoms with Crippen LogP contribution >= 0.6 is 23.5 Å². The molecule has 0 amide bonds.